The van der Waals surface area contributed by atoms with Crippen LogP contribution in [0.1, 0.15) is 37.8 Å². The molecular formula is C16H24O3. The van der Waals surface area contributed by atoms with Crippen molar-refractivity contribution in [1.82, 2.24) is 0 Å². The largest absolute Gasteiger partial charge is 0.496 e. The molecule has 0 heterocycles. The number of benzene rings is 1. The van der Waals surface area contributed by atoms with Crippen molar-refractivity contribution in [3.05, 3.63) is 29.3 Å². The molecular weight excluding hydrogens is 240 g/mol. The van der Waals surface area contributed by atoms with E-state index in [1.807, 2.05) is 39.0 Å². The first-order valence-corrected chi connectivity index (χ1v) is 6.49. The minimum absolute atomic E-state index is 0.621. The summed E-state index contributed by atoms with van der Waals surface area (Å²) in [7, 11) is 3.32. The summed E-state index contributed by atoms with van der Waals surface area (Å²) in [6, 6.07) is 3.92. The highest BCUT2D eigenvalue weighted by atomic mass is 16.5. The standard InChI is InChI=1S/C16H24O3/c1-12-14(18-4)10-9-13(15(12)19-5)8-6-7-11-16(2,3)17/h6,8-10,17H,7,11H2,1-5H3/b8-6+. The van der Waals surface area contributed by atoms with Gasteiger partial charge in [0.1, 0.15) is 11.5 Å². The van der Waals surface area contributed by atoms with Crippen molar-refractivity contribution in [1.29, 1.82) is 0 Å². The van der Waals surface area contributed by atoms with Gasteiger partial charge in [0, 0.05) is 11.1 Å². The van der Waals surface area contributed by atoms with Crippen molar-refractivity contribution < 1.29 is 14.6 Å². The number of hydrogen-bond acceptors (Lipinski definition) is 3. The van der Waals surface area contributed by atoms with Gasteiger partial charge in [-0.2, -0.15) is 0 Å². The summed E-state index contributed by atoms with van der Waals surface area (Å²) in [6.45, 7) is 5.61. The molecule has 3 nitrogen and oxygen atoms in total. The Labute approximate surface area is 115 Å². The molecule has 0 fully saturated rings. The molecule has 1 aromatic rings. The topological polar surface area (TPSA) is 38.7 Å². The molecule has 0 atom stereocenters. The van der Waals surface area contributed by atoms with Crippen molar-refractivity contribution in [2.45, 2.75) is 39.2 Å². The Hall–Kier alpha value is -1.48. The van der Waals surface area contributed by atoms with E-state index in [0.717, 1.165) is 35.5 Å². The second kappa shape index (κ2) is 6.62. The summed E-state index contributed by atoms with van der Waals surface area (Å²) in [5.41, 5.74) is 1.40. The Balaban J connectivity index is 2.84. The Bertz CT molecular complexity index is 442. The summed E-state index contributed by atoms with van der Waals surface area (Å²) < 4.78 is 10.7. The van der Waals surface area contributed by atoms with Crippen molar-refractivity contribution in [2.24, 2.45) is 0 Å². The molecule has 0 spiro atoms. The number of allylic oxidation sites excluding steroid dienone is 1. The number of hydrogen-bond donors (Lipinski definition) is 1. The summed E-state index contributed by atoms with van der Waals surface area (Å²) in [4.78, 5) is 0. The molecule has 0 aliphatic rings. The van der Waals surface area contributed by atoms with Crippen molar-refractivity contribution >= 4 is 6.08 Å². The van der Waals surface area contributed by atoms with Crippen molar-refractivity contribution in [2.75, 3.05) is 14.2 Å². The third-order valence-corrected chi connectivity index (χ3v) is 3.03. The van der Waals surface area contributed by atoms with E-state index < -0.39 is 5.60 Å². The van der Waals surface area contributed by atoms with E-state index in [1.54, 1.807) is 14.2 Å². The van der Waals surface area contributed by atoms with Crippen LogP contribution in [0.15, 0.2) is 18.2 Å². The van der Waals surface area contributed by atoms with Gasteiger partial charge in [0.2, 0.25) is 0 Å². The summed E-state index contributed by atoms with van der Waals surface area (Å²) in [6.07, 6.45) is 5.65. The highest BCUT2D eigenvalue weighted by Gasteiger charge is 2.11. The lowest BCUT2D eigenvalue weighted by Gasteiger charge is -2.15. The lowest BCUT2D eigenvalue weighted by atomic mass is 10.0. The molecule has 0 unspecified atom stereocenters. The third-order valence-electron chi connectivity index (χ3n) is 3.03. The van der Waals surface area contributed by atoms with Gasteiger partial charge in [-0.25, -0.2) is 0 Å². The fourth-order valence-electron chi connectivity index (χ4n) is 1.96. The van der Waals surface area contributed by atoms with Gasteiger partial charge in [0.25, 0.3) is 0 Å². The lowest BCUT2D eigenvalue weighted by Crippen LogP contribution is -2.17. The average molecular weight is 264 g/mol. The summed E-state index contributed by atoms with van der Waals surface area (Å²) in [5.74, 6) is 1.66. The first-order valence-electron chi connectivity index (χ1n) is 6.49. The molecule has 0 radical (unpaired) electrons. The molecule has 106 valence electrons. The molecule has 0 aliphatic carbocycles. The van der Waals surface area contributed by atoms with Gasteiger partial charge in [-0.1, -0.05) is 12.2 Å². The van der Waals surface area contributed by atoms with Crippen molar-refractivity contribution in [3.63, 3.8) is 0 Å². The molecule has 0 aliphatic heterocycles. The van der Waals surface area contributed by atoms with E-state index in [2.05, 4.69) is 6.08 Å². The predicted molar refractivity (Wildman–Crippen MR) is 78.8 cm³/mol. The SMILES string of the molecule is COc1ccc(/C=C/CCC(C)(C)O)c(OC)c1C. The van der Waals surface area contributed by atoms with Crippen LogP contribution < -0.4 is 9.47 Å². The van der Waals surface area contributed by atoms with Crippen LogP contribution in [0.25, 0.3) is 6.08 Å². The van der Waals surface area contributed by atoms with E-state index in [4.69, 9.17) is 9.47 Å². The van der Waals surface area contributed by atoms with Crippen LogP contribution in [0, 0.1) is 6.92 Å². The quantitative estimate of drug-likeness (QED) is 0.853. The maximum atomic E-state index is 9.65. The van der Waals surface area contributed by atoms with Crippen molar-refractivity contribution in [3.8, 4) is 11.5 Å². The molecule has 1 N–H and O–H groups in total. The Morgan fingerprint density at radius 1 is 1.21 bits per heavy atom. The fraction of sp³-hybridized carbons (Fsp3) is 0.500. The highest BCUT2D eigenvalue weighted by molar-refractivity contribution is 5.62. The number of aliphatic hydroxyl groups is 1. The molecule has 19 heavy (non-hydrogen) atoms. The summed E-state index contributed by atoms with van der Waals surface area (Å²) in [5, 5.41) is 9.65. The van der Waals surface area contributed by atoms with E-state index in [0.29, 0.717) is 0 Å². The van der Waals surface area contributed by atoms with Crippen LogP contribution in [0.4, 0.5) is 0 Å². The van der Waals surface area contributed by atoms with Crippen LogP contribution in [0.2, 0.25) is 0 Å². The smallest absolute Gasteiger partial charge is 0.132 e. The number of methoxy groups -OCH3 is 2. The monoisotopic (exact) mass is 264 g/mol. The molecule has 0 aromatic heterocycles. The highest BCUT2D eigenvalue weighted by Crippen LogP contribution is 2.32. The number of ether oxygens (including phenoxy) is 2. The maximum absolute atomic E-state index is 9.65. The zero-order valence-electron chi connectivity index (χ0n) is 12.5. The van der Waals surface area contributed by atoms with E-state index >= 15 is 0 Å². The van der Waals surface area contributed by atoms with Gasteiger partial charge >= 0.3 is 0 Å². The first-order chi connectivity index (χ1) is 8.89. The zero-order valence-corrected chi connectivity index (χ0v) is 12.5. The Kier molecular flexibility index (Phi) is 5.43. The minimum Gasteiger partial charge on any atom is -0.496 e. The molecule has 0 saturated carbocycles. The molecule has 1 aromatic carbocycles. The second-order valence-electron chi connectivity index (χ2n) is 5.27. The lowest BCUT2D eigenvalue weighted by molar-refractivity contribution is 0.0722. The van der Waals surface area contributed by atoms with E-state index in [9.17, 15) is 5.11 Å². The Morgan fingerprint density at radius 2 is 1.89 bits per heavy atom. The van der Waals surface area contributed by atoms with E-state index in [-0.39, 0.29) is 0 Å². The van der Waals surface area contributed by atoms with Gasteiger partial charge in [-0.3, -0.25) is 0 Å². The van der Waals surface area contributed by atoms with Crippen LogP contribution in [0.3, 0.4) is 0 Å². The van der Waals surface area contributed by atoms with Gasteiger partial charge in [0.05, 0.1) is 19.8 Å². The average Bonchev–Trinajstić information content (AvgIpc) is 2.33. The number of rotatable bonds is 6. The van der Waals surface area contributed by atoms with Crippen LogP contribution in [0.5, 0.6) is 11.5 Å². The van der Waals surface area contributed by atoms with Gasteiger partial charge in [-0.15, -0.1) is 0 Å². The molecule has 1 rings (SSSR count). The predicted octanol–water partition coefficient (Wildman–Crippen LogP) is 3.58. The fourth-order valence-corrected chi connectivity index (χ4v) is 1.96. The first kappa shape index (κ1) is 15.6. The van der Waals surface area contributed by atoms with Gasteiger partial charge in [-0.05, 0) is 45.7 Å². The van der Waals surface area contributed by atoms with Crippen LogP contribution in [-0.2, 0) is 0 Å². The van der Waals surface area contributed by atoms with Gasteiger partial charge in [0.15, 0.2) is 0 Å². The van der Waals surface area contributed by atoms with Crippen LogP contribution >= 0.6 is 0 Å². The zero-order chi connectivity index (χ0) is 14.5. The molecule has 0 bridgehead atoms. The minimum atomic E-state index is -0.621. The molecule has 0 saturated heterocycles. The molecule has 0 amide bonds. The summed E-state index contributed by atoms with van der Waals surface area (Å²) >= 11 is 0. The Morgan fingerprint density at radius 3 is 2.42 bits per heavy atom. The van der Waals surface area contributed by atoms with Crippen LogP contribution in [-0.4, -0.2) is 24.9 Å². The third kappa shape index (κ3) is 4.60. The second-order valence-corrected chi connectivity index (χ2v) is 5.27. The maximum Gasteiger partial charge on any atom is 0.132 e. The molecule has 3 heteroatoms. The van der Waals surface area contributed by atoms with E-state index in [1.165, 1.54) is 0 Å². The normalized spacial score (nSPS) is 11.9. The van der Waals surface area contributed by atoms with Gasteiger partial charge < -0.3 is 14.6 Å².